The lowest BCUT2D eigenvalue weighted by atomic mass is 9.84. The van der Waals surface area contributed by atoms with Gasteiger partial charge in [-0.2, -0.15) is 8.42 Å². The average Bonchev–Trinajstić information content (AvgIpc) is 3.59. The number of unbranched alkanes of at least 4 members (excludes halogenated alkanes) is 2. The first-order chi connectivity index (χ1) is 16.4. The standard InChI is InChI=1S/C25H37NO8S/c1-19(34-24(28)26-14-8-5-9-15-35(29,30)31)33-22(21-12-13-21)16-25(2,3)17-23(27)32-18-20-10-6-4-7-11-20/h4,6-7,10-11,19H,5,8-9,12-18H2,1-3H3,(H,26,28)(H,29,30,31). The molecule has 1 fully saturated rings. The molecular formula is C25H37NO8S. The molecule has 10 heteroatoms. The maximum Gasteiger partial charge on any atom is 0.410 e. The number of ether oxygens (including phenoxy) is 3. The Hall–Kier alpha value is -2.59. The molecule has 0 bridgehead atoms. The van der Waals surface area contributed by atoms with Crippen LogP contribution >= 0.6 is 0 Å². The molecule has 1 saturated carbocycles. The van der Waals surface area contributed by atoms with Crippen LogP contribution in [0.15, 0.2) is 41.7 Å². The van der Waals surface area contributed by atoms with Crippen molar-refractivity contribution in [3.8, 4) is 0 Å². The van der Waals surface area contributed by atoms with Crippen molar-refractivity contribution in [3.63, 3.8) is 0 Å². The van der Waals surface area contributed by atoms with E-state index in [0.717, 1.165) is 29.7 Å². The van der Waals surface area contributed by atoms with Crippen molar-refractivity contribution < 1.29 is 36.8 Å². The number of carbonyl (C=O) groups is 2. The highest BCUT2D eigenvalue weighted by Gasteiger charge is 2.30. The minimum atomic E-state index is -3.95. The van der Waals surface area contributed by atoms with E-state index in [1.54, 1.807) is 6.92 Å². The number of alkyl carbamates (subject to hydrolysis) is 1. The Kier molecular flexibility index (Phi) is 11.0. The molecule has 1 amide bonds. The lowest BCUT2D eigenvalue weighted by Gasteiger charge is -2.26. The van der Waals surface area contributed by atoms with Gasteiger partial charge in [0.25, 0.3) is 10.1 Å². The third kappa shape index (κ3) is 13.2. The third-order valence-corrected chi connectivity index (χ3v) is 6.13. The topological polar surface area (TPSA) is 128 Å². The molecule has 0 aliphatic heterocycles. The predicted octanol–water partition coefficient (Wildman–Crippen LogP) is 4.73. The van der Waals surface area contributed by atoms with Gasteiger partial charge in [-0.25, -0.2) is 4.79 Å². The van der Waals surface area contributed by atoms with Crippen molar-refractivity contribution in [2.45, 2.75) is 78.6 Å². The van der Waals surface area contributed by atoms with Crippen LogP contribution in [0.2, 0.25) is 0 Å². The highest BCUT2D eigenvalue weighted by atomic mass is 32.2. The molecule has 0 radical (unpaired) electrons. The first-order valence-electron chi connectivity index (χ1n) is 11.9. The van der Waals surface area contributed by atoms with E-state index < -0.39 is 27.9 Å². The molecule has 0 spiro atoms. The fourth-order valence-electron chi connectivity index (χ4n) is 3.46. The molecule has 0 aromatic heterocycles. The van der Waals surface area contributed by atoms with Crippen molar-refractivity contribution in [1.29, 1.82) is 0 Å². The summed E-state index contributed by atoms with van der Waals surface area (Å²) in [5, 5.41) is 2.60. The van der Waals surface area contributed by atoms with Gasteiger partial charge in [-0.05, 0) is 42.2 Å². The average molecular weight is 512 g/mol. The maximum absolute atomic E-state index is 12.4. The molecule has 0 heterocycles. The Labute approximate surface area is 208 Å². The summed E-state index contributed by atoms with van der Waals surface area (Å²) in [6.07, 6.45) is 2.59. The molecule has 1 aromatic carbocycles. The van der Waals surface area contributed by atoms with Gasteiger partial charge in [-0.15, -0.1) is 0 Å². The lowest BCUT2D eigenvalue weighted by Crippen LogP contribution is -2.30. The van der Waals surface area contributed by atoms with Gasteiger partial charge in [-0.3, -0.25) is 9.35 Å². The van der Waals surface area contributed by atoms with E-state index in [0.29, 0.717) is 32.2 Å². The van der Waals surface area contributed by atoms with E-state index in [1.807, 2.05) is 44.2 Å². The molecule has 1 aliphatic carbocycles. The molecule has 2 rings (SSSR count). The number of nitrogens with one attached hydrogen (secondary N) is 1. The number of amides is 1. The third-order valence-electron chi connectivity index (χ3n) is 5.33. The van der Waals surface area contributed by atoms with Gasteiger partial charge in [-0.1, -0.05) is 50.6 Å². The van der Waals surface area contributed by atoms with Crippen molar-refractivity contribution in [2.75, 3.05) is 12.3 Å². The number of rotatable bonds is 15. The molecule has 1 unspecified atom stereocenters. The number of esters is 1. The molecule has 35 heavy (non-hydrogen) atoms. The Morgan fingerprint density at radius 1 is 1.06 bits per heavy atom. The van der Waals surface area contributed by atoms with Gasteiger partial charge >= 0.3 is 12.1 Å². The van der Waals surface area contributed by atoms with Gasteiger partial charge in [0.2, 0.25) is 6.29 Å². The Balaban J connectivity index is 1.72. The Morgan fingerprint density at radius 3 is 2.37 bits per heavy atom. The first-order valence-corrected chi connectivity index (χ1v) is 13.5. The van der Waals surface area contributed by atoms with E-state index in [2.05, 4.69) is 5.32 Å². The molecule has 2 N–H and O–H groups in total. The summed E-state index contributed by atoms with van der Waals surface area (Å²) in [5.41, 5.74) is 1.69. The quantitative estimate of drug-likeness (QED) is 0.114. The van der Waals surface area contributed by atoms with Crippen LogP contribution in [-0.2, 0) is 35.7 Å². The summed E-state index contributed by atoms with van der Waals surface area (Å²) in [5.74, 6) is 0.177. The van der Waals surface area contributed by atoms with E-state index in [4.69, 9.17) is 18.8 Å². The lowest BCUT2D eigenvalue weighted by molar-refractivity contribution is -0.147. The van der Waals surface area contributed by atoms with Crippen molar-refractivity contribution in [3.05, 3.63) is 47.2 Å². The molecule has 1 aromatic rings. The maximum atomic E-state index is 12.4. The normalized spacial score (nSPS) is 14.1. The van der Waals surface area contributed by atoms with Gasteiger partial charge in [0, 0.05) is 19.9 Å². The van der Waals surface area contributed by atoms with Crippen molar-refractivity contribution in [1.82, 2.24) is 5.32 Å². The summed E-state index contributed by atoms with van der Waals surface area (Å²) in [7, 11) is -3.95. The largest absolute Gasteiger partial charge is 0.461 e. The predicted molar refractivity (Wildman–Crippen MR) is 131 cm³/mol. The molecule has 9 nitrogen and oxygen atoms in total. The molecule has 0 saturated heterocycles. The van der Waals surface area contributed by atoms with E-state index >= 15 is 0 Å². The number of hydrogen-bond donors (Lipinski definition) is 2. The van der Waals surface area contributed by atoms with Gasteiger partial charge < -0.3 is 19.5 Å². The fraction of sp³-hybridized carbons (Fsp3) is 0.600. The summed E-state index contributed by atoms with van der Waals surface area (Å²) >= 11 is 0. The summed E-state index contributed by atoms with van der Waals surface area (Å²) in [6, 6.07) is 9.52. The van der Waals surface area contributed by atoms with Crippen LogP contribution < -0.4 is 5.32 Å². The molecule has 196 valence electrons. The SMILES string of the molecule is CC(OC(=O)NCCCCCS(=O)(=O)O)OC(CC(C)(C)CC(=O)OCc1ccccc1)=C1CC1. The van der Waals surface area contributed by atoms with Crippen LogP contribution in [-0.4, -0.2) is 43.6 Å². The highest BCUT2D eigenvalue weighted by molar-refractivity contribution is 7.85. The highest BCUT2D eigenvalue weighted by Crippen LogP contribution is 2.39. The molecule has 1 atom stereocenters. The smallest absolute Gasteiger partial charge is 0.410 e. The van der Waals surface area contributed by atoms with Gasteiger partial charge in [0.15, 0.2) is 0 Å². The van der Waals surface area contributed by atoms with Crippen molar-refractivity contribution in [2.24, 2.45) is 5.41 Å². The van der Waals surface area contributed by atoms with Crippen LogP contribution in [0, 0.1) is 5.41 Å². The van der Waals surface area contributed by atoms with Crippen LogP contribution in [0.1, 0.15) is 71.3 Å². The van der Waals surface area contributed by atoms with Crippen LogP contribution in [0.4, 0.5) is 4.79 Å². The van der Waals surface area contributed by atoms with Crippen LogP contribution in [0.5, 0.6) is 0 Å². The fourth-order valence-corrected chi connectivity index (χ4v) is 4.03. The number of carbonyl (C=O) groups excluding carboxylic acids is 2. The first kappa shape index (κ1) is 28.6. The Morgan fingerprint density at radius 2 is 1.74 bits per heavy atom. The Bertz CT molecular complexity index is 966. The van der Waals surface area contributed by atoms with Crippen LogP contribution in [0.25, 0.3) is 0 Å². The number of allylic oxidation sites excluding steroid dienone is 2. The van der Waals surface area contributed by atoms with E-state index in [9.17, 15) is 18.0 Å². The minimum Gasteiger partial charge on any atom is -0.461 e. The zero-order chi connectivity index (χ0) is 25.9. The monoisotopic (exact) mass is 511 g/mol. The van der Waals surface area contributed by atoms with Crippen molar-refractivity contribution >= 4 is 22.2 Å². The van der Waals surface area contributed by atoms with E-state index in [-0.39, 0.29) is 24.7 Å². The number of benzene rings is 1. The summed E-state index contributed by atoms with van der Waals surface area (Å²) in [4.78, 5) is 24.4. The number of hydrogen-bond acceptors (Lipinski definition) is 7. The van der Waals surface area contributed by atoms with E-state index in [1.165, 1.54) is 0 Å². The van der Waals surface area contributed by atoms with Gasteiger partial charge in [0.05, 0.1) is 12.2 Å². The second kappa shape index (κ2) is 13.5. The zero-order valence-corrected chi connectivity index (χ0v) is 21.6. The summed E-state index contributed by atoms with van der Waals surface area (Å²) in [6.45, 7) is 6.15. The van der Waals surface area contributed by atoms with Gasteiger partial charge in [0.1, 0.15) is 12.4 Å². The molecular weight excluding hydrogens is 474 g/mol. The second-order valence-corrected chi connectivity index (χ2v) is 11.1. The van der Waals surface area contributed by atoms with Crippen LogP contribution in [0.3, 0.4) is 0 Å². The second-order valence-electron chi connectivity index (χ2n) is 9.56. The molecule has 1 aliphatic rings. The minimum absolute atomic E-state index is 0.229. The summed E-state index contributed by atoms with van der Waals surface area (Å²) < 4.78 is 46.7. The zero-order valence-electron chi connectivity index (χ0n) is 20.7.